The van der Waals surface area contributed by atoms with E-state index in [9.17, 15) is 0 Å². The normalized spacial score (nSPS) is 21.3. The molecular weight excluding hydrogens is 136 g/mol. The molecule has 1 atom stereocenters. The van der Waals surface area contributed by atoms with Crippen LogP contribution < -0.4 is 5.73 Å². The van der Waals surface area contributed by atoms with Gasteiger partial charge in [0.1, 0.15) is 0 Å². The van der Waals surface area contributed by atoms with Crippen molar-refractivity contribution in [1.82, 2.24) is 4.90 Å². The third-order valence-corrected chi connectivity index (χ3v) is 2.46. The second-order valence-electron chi connectivity index (χ2n) is 3.45. The molecule has 1 saturated heterocycles. The average Bonchev–Trinajstić information content (AvgIpc) is 1.84. The van der Waals surface area contributed by atoms with Crippen LogP contribution in [0.15, 0.2) is 0 Å². The second-order valence-corrected chi connectivity index (χ2v) is 3.45. The standard InChI is InChI=1S/C9H20N2/c1-2-3-4-6-9(10)11-7-5-8-11/h9H,2-8,10H2,1H3. The zero-order valence-electron chi connectivity index (χ0n) is 7.55. The van der Waals surface area contributed by atoms with E-state index in [-0.39, 0.29) is 0 Å². The predicted octanol–water partition coefficient (Wildman–Crippen LogP) is 1.56. The van der Waals surface area contributed by atoms with Gasteiger partial charge in [0.05, 0.1) is 6.17 Å². The highest BCUT2D eigenvalue weighted by Gasteiger charge is 2.19. The summed E-state index contributed by atoms with van der Waals surface area (Å²) >= 11 is 0. The van der Waals surface area contributed by atoms with Gasteiger partial charge in [-0.15, -0.1) is 0 Å². The van der Waals surface area contributed by atoms with Crippen molar-refractivity contribution in [2.75, 3.05) is 13.1 Å². The molecule has 1 aliphatic heterocycles. The van der Waals surface area contributed by atoms with E-state index in [0.29, 0.717) is 6.17 Å². The van der Waals surface area contributed by atoms with Crippen molar-refractivity contribution in [3.05, 3.63) is 0 Å². The topological polar surface area (TPSA) is 29.3 Å². The van der Waals surface area contributed by atoms with Crippen LogP contribution in [0.4, 0.5) is 0 Å². The number of nitrogens with two attached hydrogens (primary N) is 1. The van der Waals surface area contributed by atoms with Crippen molar-refractivity contribution in [3.63, 3.8) is 0 Å². The van der Waals surface area contributed by atoms with Gasteiger partial charge in [0, 0.05) is 13.1 Å². The van der Waals surface area contributed by atoms with Crippen molar-refractivity contribution in [2.24, 2.45) is 5.73 Å². The summed E-state index contributed by atoms with van der Waals surface area (Å²) in [4.78, 5) is 2.37. The zero-order chi connectivity index (χ0) is 8.10. The van der Waals surface area contributed by atoms with E-state index in [2.05, 4.69) is 11.8 Å². The number of nitrogens with zero attached hydrogens (tertiary/aromatic N) is 1. The van der Waals surface area contributed by atoms with Gasteiger partial charge in [0.15, 0.2) is 0 Å². The quantitative estimate of drug-likeness (QED) is 0.612. The molecule has 66 valence electrons. The maximum absolute atomic E-state index is 5.95. The molecule has 1 fully saturated rings. The fourth-order valence-corrected chi connectivity index (χ4v) is 1.46. The van der Waals surface area contributed by atoms with Crippen LogP contribution >= 0.6 is 0 Å². The average molecular weight is 156 g/mol. The van der Waals surface area contributed by atoms with E-state index < -0.39 is 0 Å². The minimum atomic E-state index is 0.357. The van der Waals surface area contributed by atoms with Gasteiger partial charge in [-0.3, -0.25) is 4.90 Å². The molecule has 1 rings (SSSR count). The van der Waals surface area contributed by atoms with E-state index in [1.807, 2.05) is 0 Å². The minimum Gasteiger partial charge on any atom is -0.316 e. The van der Waals surface area contributed by atoms with Gasteiger partial charge in [-0.2, -0.15) is 0 Å². The maximum Gasteiger partial charge on any atom is 0.0571 e. The van der Waals surface area contributed by atoms with E-state index in [4.69, 9.17) is 5.73 Å². The van der Waals surface area contributed by atoms with Gasteiger partial charge in [-0.1, -0.05) is 26.2 Å². The molecule has 0 bridgehead atoms. The Hall–Kier alpha value is -0.0800. The lowest BCUT2D eigenvalue weighted by molar-refractivity contribution is 0.113. The van der Waals surface area contributed by atoms with Crippen molar-refractivity contribution in [2.45, 2.75) is 45.2 Å². The molecule has 1 aliphatic rings. The first kappa shape index (κ1) is 9.01. The van der Waals surface area contributed by atoms with Crippen molar-refractivity contribution in [1.29, 1.82) is 0 Å². The Kier molecular flexibility index (Phi) is 3.87. The molecule has 0 amide bonds. The highest BCUT2D eigenvalue weighted by atomic mass is 15.3. The molecular formula is C9H20N2. The second kappa shape index (κ2) is 4.73. The van der Waals surface area contributed by atoms with E-state index >= 15 is 0 Å². The van der Waals surface area contributed by atoms with Crippen LogP contribution in [0.5, 0.6) is 0 Å². The van der Waals surface area contributed by atoms with E-state index in [1.165, 1.54) is 45.2 Å². The number of hydrogen-bond donors (Lipinski definition) is 1. The fourth-order valence-electron chi connectivity index (χ4n) is 1.46. The molecule has 0 spiro atoms. The third kappa shape index (κ3) is 2.80. The van der Waals surface area contributed by atoms with E-state index in [1.54, 1.807) is 0 Å². The fraction of sp³-hybridized carbons (Fsp3) is 1.00. The molecule has 1 heterocycles. The Bertz CT molecular complexity index is 99.7. The van der Waals surface area contributed by atoms with Gasteiger partial charge in [-0.05, 0) is 12.8 Å². The maximum atomic E-state index is 5.95. The third-order valence-electron chi connectivity index (χ3n) is 2.46. The molecule has 2 heteroatoms. The summed E-state index contributed by atoms with van der Waals surface area (Å²) in [6, 6.07) is 0. The molecule has 11 heavy (non-hydrogen) atoms. The van der Waals surface area contributed by atoms with Gasteiger partial charge < -0.3 is 5.73 Å². The predicted molar refractivity (Wildman–Crippen MR) is 48.3 cm³/mol. The lowest BCUT2D eigenvalue weighted by Crippen LogP contribution is -2.49. The molecule has 0 aromatic carbocycles. The van der Waals surface area contributed by atoms with Crippen LogP contribution in [-0.2, 0) is 0 Å². The molecule has 0 aliphatic carbocycles. The molecule has 2 nitrogen and oxygen atoms in total. The van der Waals surface area contributed by atoms with Gasteiger partial charge >= 0.3 is 0 Å². The van der Waals surface area contributed by atoms with Crippen LogP contribution in [-0.4, -0.2) is 24.2 Å². The summed E-state index contributed by atoms with van der Waals surface area (Å²) in [5, 5.41) is 0. The van der Waals surface area contributed by atoms with Crippen LogP contribution in [0.1, 0.15) is 39.0 Å². The smallest absolute Gasteiger partial charge is 0.0571 e. The lowest BCUT2D eigenvalue weighted by atomic mass is 10.1. The largest absolute Gasteiger partial charge is 0.316 e. The number of hydrogen-bond acceptors (Lipinski definition) is 2. The molecule has 1 unspecified atom stereocenters. The summed E-state index contributed by atoms with van der Waals surface area (Å²) in [6.45, 7) is 4.69. The summed E-state index contributed by atoms with van der Waals surface area (Å²) in [7, 11) is 0. The Balaban J connectivity index is 1.96. The van der Waals surface area contributed by atoms with Gasteiger partial charge in [0.2, 0.25) is 0 Å². The first-order valence-electron chi connectivity index (χ1n) is 4.84. The van der Waals surface area contributed by atoms with Crippen LogP contribution in [0, 0.1) is 0 Å². The molecule has 0 aromatic heterocycles. The van der Waals surface area contributed by atoms with E-state index in [0.717, 1.165) is 0 Å². The summed E-state index contributed by atoms with van der Waals surface area (Å²) < 4.78 is 0. The number of likely N-dealkylation sites (tertiary alicyclic amines) is 1. The SMILES string of the molecule is CCCCCC(N)N1CCC1. The Morgan fingerprint density at radius 1 is 1.36 bits per heavy atom. The van der Waals surface area contributed by atoms with Gasteiger partial charge in [0.25, 0.3) is 0 Å². The van der Waals surface area contributed by atoms with Crippen LogP contribution in [0.2, 0.25) is 0 Å². The van der Waals surface area contributed by atoms with Crippen molar-refractivity contribution in [3.8, 4) is 0 Å². The lowest BCUT2D eigenvalue weighted by Gasteiger charge is -2.36. The van der Waals surface area contributed by atoms with Gasteiger partial charge in [-0.25, -0.2) is 0 Å². The first-order valence-corrected chi connectivity index (χ1v) is 4.84. The molecule has 2 N–H and O–H groups in total. The first-order chi connectivity index (χ1) is 5.34. The monoisotopic (exact) mass is 156 g/mol. The highest BCUT2D eigenvalue weighted by Crippen LogP contribution is 2.12. The summed E-state index contributed by atoms with van der Waals surface area (Å²) in [5.41, 5.74) is 5.95. The number of unbranched alkanes of at least 4 members (excludes halogenated alkanes) is 2. The van der Waals surface area contributed by atoms with Crippen LogP contribution in [0.25, 0.3) is 0 Å². The summed E-state index contributed by atoms with van der Waals surface area (Å²) in [6.07, 6.45) is 6.83. The molecule has 0 radical (unpaired) electrons. The van der Waals surface area contributed by atoms with Crippen molar-refractivity contribution < 1.29 is 0 Å². The Labute approximate surface area is 69.8 Å². The Morgan fingerprint density at radius 3 is 2.55 bits per heavy atom. The van der Waals surface area contributed by atoms with Crippen LogP contribution in [0.3, 0.4) is 0 Å². The van der Waals surface area contributed by atoms with Crippen molar-refractivity contribution >= 4 is 0 Å². The summed E-state index contributed by atoms with van der Waals surface area (Å²) in [5.74, 6) is 0. The highest BCUT2D eigenvalue weighted by molar-refractivity contribution is 4.73. The number of rotatable bonds is 5. The minimum absolute atomic E-state index is 0.357. The molecule has 0 aromatic rings. The Morgan fingerprint density at radius 2 is 2.09 bits per heavy atom. The molecule has 0 saturated carbocycles. The zero-order valence-corrected chi connectivity index (χ0v) is 7.55.